The molecule has 1 rings (SSSR count). The SMILES string of the molecule is CCC(C)(C)OCCC(C)(C)OC(=O)c1ccc(F)cc1. The summed E-state index contributed by atoms with van der Waals surface area (Å²) in [5.41, 5.74) is -0.453. The first-order valence-electron chi connectivity index (χ1n) is 7.28. The summed E-state index contributed by atoms with van der Waals surface area (Å²) in [5, 5.41) is 0. The van der Waals surface area contributed by atoms with Crippen LogP contribution in [0.4, 0.5) is 4.39 Å². The molecule has 3 nitrogen and oxygen atoms in total. The minimum atomic E-state index is -0.630. The molecule has 0 unspecified atom stereocenters. The zero-order valence-electron chi connectivity index (χ0n) is 13.5. The molecule has 1 aromatic rings. The van der Waals surface area contributed by atoms with E-state index in [1.165, 1.54) is 24.3 Å². The van der Waals surface area contributed by atoms with E-state index in [2.05, 4.69) is 6.92 Å². The fourth-order valence-electron chi connectivity index (χ4n) is 1.62. The van der Waals surface area contributed by atoms with Crippen molar-refractivity contribution < 1.29 is 18.7 Å². The van der Waals surface area contributed by atoms with Gasteiger partial charge in [-0.25, -0.2) is 9.18 Å². The molecule has 0 spiro atoms. The summed E-state index contributed by atoms with van der Waals surface area (Å²) in [6.45, 7) is 10.3. The maximum Gasteiger partial charge on any atom is 0.338 e. The lowest BCUT2D eigenvalue weighted by Crippen LogP contribution is -2.32. The Morgan fingerprint density at radius 1 is 1.10 bits per heavy atom. The van der Waals surface area contributed by atoms with Gasteiger partial charge < -0.3 is 9.47 Å². The molecule has 0 saturated heterocycles. The van der Waals surface area contributed by atoms with Gasteiger partial charge in [0.2, 0.25) is 0 Å². The minimum absolute atomic E-state index is 0.170. The molecule has 0 aliphatic heterocycles. The number of halogens is 1. The first-order valence-corrected chi connectivity index (χ1v) is 7.28. The predicted molar refractivity (Wildman–Crippen MR) is 80.8 cm³/mol. The highest BCUT2D eigenvalue weighted by Crippen LogP contribution is 2.20. The predicted octanol–water partition coefficient (Wildman–Crippen LogP) is 4.36. The number of esters is 1. The van der Waals surface area contributed by atoms with Crippen molar-refractivity contribution in [2.75, 3.05) is 6.61 Å². The van der Waals surface area contributed by atoms with Crippen molar-refractivity contribution in [3.05, 3.63) is 35.6 Å². The molecule has 0 N–H and O–H groups in total. The van der Waals surface area contributed by atoms with Crippen LogP contribution in [0.2, 0.25) is 0 Å². The Balaban J connectivity index is 2.51. The summed E-state index contributed by atoms with van der Waals surface area (Å²) in [5.74, 6) is -0.823. The van der Waals surface area contributed by atoms with Crippen LogP contribution in [0, 0.1) is 5.82 Å². The molecule has 1 aromatic carbocycles. The van der Waals surface area contributed by atoms with Gasteiger partial charge in [0.05, 0.1) is 17.8 Å². The van der Waals surface area contributed by atoms with E-state index in [4.69, 9.17) is 9.47 Å². The van der Waals surface area contributed by atoms with Crippen LogP contribution in [-0.2, 0) is 9.47 Å². The second-order valence-electron chi connectivity index (χ2n) is 6.37. The van der Waals surface area contributed by atoms with Crippen LogP contribution in [0.3, 0.4) is 0 Å². The van der Waals surface area contributed by atoms with Crippen LogP contribution in [0.1, 0.15) is 57.8 Å². The molecule has 4 heteroatoms. The molecule has 0 saturated carbocycles. The first kappa shape index (κ1) is 17.6. The quantitative estimate of drug-likeness (QED) is 0.701. The summed E-state index contributed by atoms with van der Waals surface area (Å²) in [6, 6.07) is 5.34. The molecule has 118 valence electrons. The highest BCUT2D eigenvalue weighted by Gasteiger charge is 2.25. The molecule has 0 radical (unpaired) electrons. The van der Waals surface area contributed by atoms with Gasteiger partial charge in [-0.15, -0.1) is 0 Å². The van der Waals surface area contributed by atoms with Crippen molar-refractivity contribution in [3.63, 3.8) is 0 Å². The van der Waals surface area contributed by atoms with E-state index in [0.717, 1.165) is 6.42 Å². The van der Waals surface area contributed by atoms with E-state index in [1.54, 1.807) is 0 Å². The lowest BCUT2D eigenvalue weighted by Gasteiger charge is -2.28. The third-order valence-electron chi connectivity index (χ3n) is 3.50. The highest BCUT2D eigenvalue weighted by atomic mass is 19.1. The van der Waals surface area contributed by atoms with Gasteiger partial charge in [-0.05, 0) is 58.4 Å². The van der Waals surface area contributed by atoms with Crippen molar-refractivity contribution >= 4 is 5.97 Å². The van der Waals surface area contributed by atoms with Crippen LogP contribution in [0.15, 0.2) is 24.3 Å². The van der Waals surface area contributed by atoms with Gasteiger partial charge in [-0.1, -0.05) is 6.92 Å². The van der Waals surface area contributed by atoms with Crippen LogP contribution in [0.25, 0.3) is 0 Å². The van der Waals surface area contributed by atoms with Crippen molar-refractivity contribution in [3.8, 4) is 0 Å². The molecule has 0 aliphatic rings. The molecule has 0 bridgehead atoms. The molecule has 0 amide bonds. The summed E-state index contributed by atoms with van der Waals surface area (Å²) >= 11 is 0. The van der Waals surface area contributed by atoms with E-state index in [1.807, 2.05) is 27.7 Å². The van der Waals surface area contributed by atoms with Gasteiger partial charge in [0, 0.05) is 6.42 Å². The summed E-state index contributed by atoms with van der Waals surface area (Å²) < 4.78 is 24.1. The second-order valence-corrected chi connectivity index (χ2v) is 6.37. The van der Waals surface area contributed by atoms with Gasteiger partial charge in [-0.2, -0.15) is 0 Å². The zero-order chi connectivity index (χ0) is 16.1. The van der Waals surface area contributed by atoms with Gasteiger partial charge in [0.15, 0.2) is 0 Å². The fraction of sp³-hybridized carbons (Fsp3) is 0.588. The zero-order valence-corrected chi connectivity index (χ0v) is 13.5. The van der Waals surface area contributed by atoms with Gasteiger partial charge >= 0.3 is 5.97 Å². The van der Waals surface area contributed by atoms with E-state index in [-0.39, 0.29) is 11.4 Å². The summed E-state index contributed by atoms with van der Waals surface area (Å²) in [4.78, 5) is 12.0. The smallest absolute Gasteiger partial charge is 0.338 e. The molecular formula is C17H25FO3. The second kappa shape index (κ2) is 7.03. The molecule has 0 aromatic heterocycles. The van der Waals surface area contributed by atoms with E-state index < -0.39 is 11.6 Å². The Kier molecular flexibility index (Phi) is 5.90. The average molecular weight is 296 g/mol. The number of ether oxygens (including phenoxy) is 2. The lowest BCUT2D eigenvalue weighted by atomic mass is 10.0. The van der Waals surface area contributed by atoms with Crippen molar-refractivity contribution in [1.82, 2.24) is 0 Å². The summed E-state index contributed by atoms with van der Waals surface area (Å²) in [7, 11) is 0. The number of benzene rings is 1. The van der Waals surface area contributed by atoms with Crippen molar-refractivity contribution in [2.45, 2.75) is 58.7 Å². The number of hydrogen-bond acceptors (Lipinski definition) is 3. The van der Waals surface area contributed by atoms with Gasteiger partial charge in [0.25, 0.3) is 0 Å². The molecule has 21 heavy (non-hydrogen) atoms. The highest BCUT2D eigenvalue weighted by molar-refractivity contribution is 5.89. The van der Waals surface area contributed by atoms with Crippen molar-refractivity contribution in [1.29, 1.82) is 0 Å². The minimum Gasteiger partial charge on any atom is -0.456 e. The number of carbonyl (C=O) groups excluding carboxylic acids is 1. The molecule has 0 atom stereocenters. The standard InChI is InChI=1S/C17H25FO3/c1-6-16(2,3)20-12-11-17(4,5)21-15(19)13-7-9-14(18)10-8-13/h7-10H,6,11-12H2,1-5H3. The van der Waals surface area contributed by atoms with E-state index in [0.29, 0.717) is 18.6 Å². The average Bonchev–Trinajstić information content (AvgIpc) is 2.38. The van der Waals surface area contributed by atoms with Gasteiger partial charge in [0.1, 0.15) is 11.4 Å². The maximum atomic E-state index is 12.8. The van der Waals surface area contributed by atoms with Crippen LogP contribution in [0.5, 0.6) is 0 Å². The van der Waals surface area contributed by atoms with E-state index in [9.17, 15) is 9.18 Å². The Labute approximate surface area is 126 Å². The van der Waals surface area contributed by atoms with Gasteiger partial charge in [-0.3, -0.25) is 0 Å². The molecule has 0 fully saturated rings. The first-order chi connectivity index (χ1) is 9.65. The Morgan fingerprint density at radius 2 is 1.67 bits per heavy atom. The number of hydrogen-bond donors (Lipinski definition) is 0. The molecule has 0 aliphatic carbocycles. The van der Waals surface area contributed by atoms with Crippen LogP contribution >= 0.6 is 0 Å². The number of carbonyl (C=O) groups is 1. The van der Waals surface area contributed by atoms with Crippen LogP contribution < -0.4 is 0 Å². The van der Waals surface area contributed by atoms with Crippen LogP contribution in [-0.4, -0.2) is 23.8 Å². The Morgan fingerprint density at radius 3 is 2.19 bits per heavy atom. The van der Waals surface area contributed by atoms with E-state index >= 15 is 0 Å². The molecular weight excluding hydrogens is 271 g/mol. The summed E-state index contributed by atoms with van der Waals surface area (Å²) in [6.07, 6.45) is 1.52. The molecule has 0 heterocycles. The topological polar surface area (TPSA) is 35.5 Å². The maximum absolute atomic E-state index is 12.8. The number of rotatable bonds is 7. The lowest BCUT2D eigenvalue weighted by molar-refractivity contribution is -0.0560. The Bertz CT molecular complexity index is 463. The third kappa shape index (κ3) is 6.25. The Hall–Kier alpha value is -1.42. The monoisotopic (exact) mass is 296 g/mol. The third-order valence-corrected chi connectivity index (χ3v) is 3.50. The fourth-order valence-corrected chi connectivity index (χ4v) is 1.62. The van der Waals surface area contributed by atoms with Crippen molar-refractivity contribution in [2.24, 2.45) is 0 Å². The normalized spacial score (nSPS) is 12.3. The largest absolute Gasteiger partial charge is 0.456 e.